The lowest BCUT2D eigenvalue weighted by molar-refractivity contribution is 0.268. The Balaban J connectivity index is 1.64. The third-order valence-corrected chi connectivity index (χ3v) is 4.71. The van der Waals surface area contributed by atoms with E-state index in [9.17, 15) is 0 Å². The fourth-order valence-electron chi connectivity index (χ4n) is 3.60. The van der Waals surface area contributed by atoms with Crippen LogP contribution in [0.3, 0.4) is 0 Å². The predicted molar refractivity (Wildman–Crippen MR) is 77.5 cm³/mol. The summed E-state index contributed by atoms with van der Waals surface area (Å²) in [5.74, 6) is 0.988. The lowest BCUT2D eigenvalue weighted by atomic mass is 9.86. The molecular formula is C16H24N2O. The molecule has 1 aromatic rings. The van der Waals surface area contributed by atoms with Crippen molar-refractivity contribution < 1.29 is 4.74 Å². The van der Waals surface area contributed by atoms with Crippen LogP contribution in [0.1, 0.15) is 24.0 Å². The molecule has 1 N–H and O–H groups in total. The highest BCUT2D eigenvalue weighted by Crippen LogP contribution is 2.36. The molecule has 1 unspecified atom stereocenters. The molecular weight excluding hydrogens is 236 g/mol. The van der Waals surface area contributed by atoms with Crippen LogP contribution in [0.15, 0.2) is 18.2 Å². The van der Waals surface area contributed by atoms with Crippen molar-refractivity contribution in [2.75, 3.05) is 33.3 Å². The van der Waals surface area contributed by atoms with Crippen LogP contribution < -0.4 is 10.1 Å². The zero-order valence-corrected chi connectivity index (χ0v) is 12.0. The summed E-state index contributed by atoms with van der Waals surface area (Å²) in [7, 11) is 1.74. The second-order valence-electron chi connectivity index (χ2n) is 6.19. The van der Waals surface area contributed by atoms with Crippen LogP contribution in [0.2, 0.25) is 0 Å². The van der Waals surface area contributed by atoms with Crippen LogP contribution in [-0.2, 0) is 6.54 Å². The fraction of sp³-hybridized carbons (Fsp3) is 0.625. The molecule has 19 heavy (non-hydrogen) atoms. The molecule has 0 aromatic heterocycles. The van der Waals surface area contributed by atoms with Gasteiger partial charge in [-0.25, -0.2) is 0 Å². The van der Waals surface area contributed by atoms with Crippen molar-refractivity contribution >= 4 is 0 Å². The normalized spacial score (nSPS) is 27.3. The summed E-state index contributed by atoms with van der Waals surface area (Å²) in [6, 6.07) is 6.55. The average Bonchev–Trinajstić information content (AvgIpc) is 3.01. The molecule has 0 aliphatic carbocycles. The molecule has 2 saturated heterocycles. The quantitative estimate of drug-likeness (QED) is 0.901. The van der Waals surface area contributed by atoms with Gasteiger partial charge in [0.05, 0.1) is 7.11 Å². The van der Waals surface area contributed by atoms with Crippen molar-refractivity contribution in [2.24, 2.45) is 5.41 Å². The first kappa shape index (κ1) is 12.9. The summed E-state index contributed by atoms with van der Waals surface area (Å²) < 4.78 is 5.32. The minimum Gasteiger partial charge on any atom is -0.496 e. The highest BCUT2D eigenvalue weighted by atomic mass is 16.5. The first-order chi connectivity index (χ1) is 9.21. The van der Waals surface area contributed by atoms with E-state index in [1.807, 2.05) is 0 Å². The molecule has 1 spiro atoms. The van der Waals surface area contributed by atoms with E-state index >= 15 is 0 Å². The zero-order valence-electron chi connectivity index (χ0n) is 12.0. The number of ether oxygens (including phenoxy) is 1. The Morgan fingerprint density at radius 1 is 1.37 bits per heavy atom. The van der Waals surface area contributed by atoms with Crippen LogP contribution in [0.25, 0.3) is 0 Å². The Bertz CT molecular complexity index is 452. The molecule has 2 aliphatic rings. The number of likely N-dealkylation sites (tertiary alicyclic amines) is 1. The second-order valence-corrected chi connectivity index (χ2v) is 6.19. The Hall–Kier alpha value is -1.06. The molecule has 2 fully saturated rings. The van der Waals surface area contributed by atoms with Crippen molar-refractivity contribution in [3.05, 3.63) is 29.3 Å². The SMILES string of the molecule is COc1ccc(CN2CCC3(CCNC3)C2)cc1C. The van der Waals surface area contributed by atoms with Crippen LogP contribution in [0, 0.1) is 12.3 Å². The van der Waals surface area contributed by atoms with Gasteiger partial charge in [-0.1, -0.05) is 12.1 Å². The van der Waals surface area contributed by atoms with E-state index < -0.39 is 0 Å². The molecule has 3 nitrogen and oxygen atoms in total. The predicted octanol–water partition coefficient (Wildman–Crippen LogP) is 2.19. The summed E-state index contributed by atoms with van der Waals surface area (Å²) in [4.78, 5) is 2.61. The number of methoxy groups -OCH3 is 1. The van der Waals surface area contributed by atoms with Crippen LogP contribution >= 0.6 is 0 Å². The third-order valence-electron chi connectivity index (χ3n) is 4.71. The van der Waals surface area contributed by atoms with Gasteiger partial charge in [0.1, 0.15) is 5.75 Å². The van der Waals surface area contributed by atoms with E-state index in [2.05, 4.69) is 35.3 Å². The van der Waals surface area contributed by atoms with Gasteiger partial charge in [-0.05, 0) is 55.5 Å². The molecule has 0 bridgehead atoms. The van der Waals surface area contributed by atoms with E-state index in [0.29, 0.717) is 5.41 Å². The van der Waals surface area contributed by atoms with E-state index in [-0.39, 0.29) is 0 Å². The van der Waals surface area contributed by atoms with Crippen molar-refractivity contribution in [3.8, 4) is 5.75 Å². The maximum atomic E-state index is 5.32. The summed E-state index contributed by atoms with van der Waals surface area (Å²) in [6.45, 7) is 8.11. The lowest BCUT2D eigenvalue weighted by Gasteiger charge is -2.23. The van der Waals surface area contributed by atoms with Crippen molar-refractivity contribution in [1.82, 2.24) is 10.2 Å². The minimum absolute atomic E-state index is 0.571. The summed E-state index contributed by atoms with van der Waals surface area (Å²) >= 11 is 0. The molecule has 2 aliphatic heterocycles. The largest absolute Gasteiger partial charge is 0.496 e. The van der Waals surface area contributed by atoms with Gasteiger partial charge in [-0.3, -0.25) is 4.90 Å². The molecule has 1 atom stereocenters. The highest BCUT2D eigenvalue weighted by Gasteiger charge is 2.39. The van der Waals surface area contributed by atoms with E-state index in [1.165, 1.54) is 50.1 Å². The van der Waals surface area contributed by atoms with Crippen LogP contribution in [0.4, 0.5) is 0 Å². The molecule has 2 heterocycles. The average molecular weight is 260 g/mol. The number of aryl methyl sites for hydroxylation is 1. The number of benzene rings is 1. The number of nitrogens with one attached hydrogen (secondary N) is 1. The Morgan fingerprint density at radius 3 is 2.95 bits per heavy atom. The first-order valence-corrected chi connectivity index (χ1v) is 7.27. The molecule has 0 radical (unpaired) electrons. The summed E-state index contributed by atoms with van der Waals surface area (Å²) in [5.41, 5.74) is 3.21. The van der Waals surface area contributed by atoms with Gasteiger partial charge in [0.2, 0.25) is 0 Å². The van der Waals surface area contributed by atoms with Gasteiger partial charge in [-0.2, -0.15) is 0 Å². The topological polar surface area (TPSA) is 24.5 Å². The van der Waals surface area contributed by atoms with Crippen molar-refractivity contribution in [1.29, 1.82) is 0 Å². The Labute approximate surface area is 115 Å². The minimum atomic E-state index is 0.571. The molecule has 0 saturated carbocycles. The highest BCUT2D eigenvalue weighted by molar-refractivity contribution is 5.36. The van der Waals surface area contributed by atoms with Crippen molar-refractivity contribution in [2.45, 2.75) is 26.3 Å². The van der Waals surface area contributed by atoms with Gasteiger partial charge >= 0.3 is 0 Å². The monoisotopic (exact) mass is 260 g/mol. The van der Waals surface area contributed by atoms with Crippen LogP contribution in [0.5, 0.6) is 5.75 Å². The van der Waals surface area contributed by atoms with E-state index in [0.717, 1.165) is 12.3 Å². The summed E-state index contributed by atoms with van der Waals surface area (Å²) in [5, 5.41) is 3.52. The third kappa shape index (κ3) is 2.63. The zero-order chi connectivity index (χ0) is 13.3. The first-order valence-electron chi connectivity index (χ1n) is 7.27. The number of nitrogens with zero attached hydrogens (tertiary/aromatic N) is 1. The van der Waals surface area contributed by atoms with Crippen LogP contribution in [-0.4, -0.2) is 38.2 Å². The van der Waals surface area contributed by atoms with Gasteiger partial charge in [-0.15, -0.1) is 0 Å². The number of rotatable bonds is 3. The molecule has 0 amide bonds. The van der Waals surface area contributed by atoms with E-state index in [1.54, 1.807) is 7.11 Å². The number of hydrogen-bond donors (Lipinski definition) is 1. The van der Waals surface area contributed by atoms with Gasteiger partial charge in [0.15, 0.2) is 0 Å². The van der Waals surface area contributed by atoms with Gasteiger partial charge < -0.3 is 10.1 Å². The second kappa shape index (κ2) is 5.14. The maximum Gasteiger partial charge on any atom is 0.121 e. The molecule has 104 valence electrons. The Morgan fingerprint density at radius 2 is 2.26 bits per heavy atom. The van der Waals surface area contributed by atoms with E-state index in [4.69, 9.17) is 4.74 Å². The maximum absolute atomic E-state index is 5.32. The fourth-order valence-corrected chi connectivity index (χ4v) is 3.60. The van der Waals surface area contributed by atoms with Gasteiger partial charge in [0.25, 0.3) is 0 Å². The number of hydrogen-bond acceptors (Lipinski definition) is 3. The molecule has 1 aromatic carbocycles. The van der Waals surface area contributed by atoms with Crippen molar-refractivity contribution in [3.63, 3.8) is 0 Å². The summed E-state index contributed by atoms with van der Waals surface area (Å²) in [6.07, 6.45) is 2.71. The van der Waals surface area contributed by atoms with Gasteiger partial charge in [0, 0.05) is 19.6 Å². The lowest BCUT2D eigenvalue weighted by Crippen LogP contribution is -2.28. The molecule has 3 rings (SSSR count). The smallest absolute Gasteiger partial charge is 0.121 e. The standard InChI is InChI=1S/C16H24N2O/c1-13-9-14(3-4-15(13)19-2)10-18-8-6-16(12-18)5-7-17-11-16/h3-4,9,17H,5-8,10-12H2,1-2H3. The molecule has 3 heteroatoms. The Kier molecular flexibility index (Phi) is 3.50.